The quantitative estimate of drug-likeness (QED) is 0.788. The Balaban J connectivity index is 1.74. The smallest absolute Gasteiger partial charge is 0.0543 e. The second-order valence-electron chi connectivity index (χ2n) is 3.95. The molecule has 0 amide bonds. The highest BCUT2D eigenvalue weighted by Gasteiger charge is 2.22. The van der Waals surface area contributed by atoms with Gasteiger partial charge in [-0.1, -0.05) is 6.07 Å². The summed E-state index contributed by atoms with van der Waals surface area (Å²) in [4.78, 5) is 1.49. The van der Waals surface area contributed by atoms with Gasteiger partial charge in [0.15, 0.2) is 0 Å². The first-order valence-corrected chi connectivity index (χ1v) is 5.93. The van der Waals surface area contributed by atoms with Crippen LogP contribution in [0, 0.1) is 5.92 Å². The van der Waals surface area contributed by atoms with Crippen LogP contribution in [-0.4, -0.2) is 11.2 Å². The van der Waals surface area contributed by atoms with E-state index in [2.05, 4.69) is 17.5 Å². The van der Waals surface area contributed by atoms with E-state index in [1.165, 1.54) is 24.1 Å². The zero-order valence-corrected chi connectivity index (χ0v) is 8.59. The van der Waals surface area contributed by atoms with Crippen molar-refractivity contribution in [1.82, 2.24) is 0 Å². The monoisotopic (exact) mass is 196 g/mol. The highest BCUT2D eigenvalue weighted by molar-refractivity contribution is 7.09. The van der Waals surface area contributed by atoms with Gasteiger partial charge < -0.3 is 5.11 Å². The van der Waals surface area contributed by atoms with Gasteiger partial charge in [0, 0.05) is 4.88 Å². The summed E-state index contributed by atoms with van der Waals surface area (Å²) in [5.41, 5.74) is 0. The number of rotatable bonds is 3. The molecule has 2 atom stereocenters. The summed E-state index contributed by atoms with van der Waals surface area (Å²) in [6.07, 6.45) is 5.74. The van der Waals surface area contributed by atoms with Gasteiger partial charge in [0.05, 0.1) is 6.10 Å². The van der Waals surface area contributed by atoms with Crippen molar-refractivity contribution in [3.63, 3.8) is 0 Å². The van der Waals surface area contributed by atoms with E-state index < -0.39 is 0 Å². The first-order valence-electron chi connectivity index (χ1n) is 5.05. The lowest BCUT2D eigenvalue weighted by atomic mass is 10.0. The molecule has 1 nitrogen and oxygen atoms in total. The Labute approximate surface area is 83.4 Å². The fourth-order valence-electron chi connectivity index (χ4n) is 2.11. The van der Waals surface area contributed by atoms with Gasteiger partial charge in [0.2, 0.25) is 0 Å². The minimum absolute atomic E-state index is 0.00617. The van der Waals surface area contributed by atoms with Gasteiger partial charge in [-0.15, -0.1) is 11.3 Å². The van der Waals surface area contributed by atoms with Gasteiger partial charge in [0.1, 0.15) is 0 Å². The van der Waals surface area contributed by atoms with Crippen LogP contribution in [0.25, 0.3) is 0 Å². The molecule has 1 heterocycles. The lowest BCUT2D eigenvalue weighted by Gasteiger charge is -2.06. The lowest BCUT2D eigenvalue weighted by molar-refractivity contribution is 0.177. The van der Waals surface area contributed by atoms with Crippen molar-refractivity contribution in [2.24, 2.45) is 5.92 Å². The topological polar surface area (TPSA) is 20.2 Å². The number of thiophene rings is 1. The molecule has 2 heteroatoms. The van der Waals surface area contributed by atoms with Crippen LogP contribution in [0.2, 0.25) is 0 Å². The number of aryl methyl sites for hydroxylation is 1. The summed E-state index contributed by atoms with van der Waals surface area (Å²) in [6.45, 7) is 0. The molecule has 1 aliphatic rings. The van der Waals surface area contributed by atoms with Crippen LogP contribution in [0.4, 0.5) is 0 Å². The van der Waals surface area contributed by atoms with E-state index in [1.54, 1.807) is 0 Å². The Morgan fingerprint density at radius 2 is 2.38 bits per heavy atom. The SMILES string of the molecule is OC1CCC(CCc2cccs2)C1. The third-order valence-corrected chi connectivity index (χ3v) is 3.83. The highest BCUT2D eigenvalue weighted by Crippen LogP contribution is 2.29. The first kappa shape index (κ1) is 9.22. The van der Waals surface area contributed by atoms with E-state index in [0.29, 0.717) is 0 Å². The van der Waals surface area contributed by atoms with Crippen molar-refractivity contribution in [3.05, 3.63) is 22.4 Å². The van der Waals surface area contributed by atoms with E-state index in [0.717, 1.165) is 18.8 Å². The van der Waals surface area contributed by atoms with Gasteiger partial charge in [-0.25, -0.2) is 0 Å². The van der Waals surface area contributed by atoms with Crippen molar-refractivity contribution >= 4 is 11.3 Å². The molecule has 2 rings (SSSR count). The number of hydrogen-bond donors (Lipinski definition) is 1. The number of aliphatic hydroxyl groups excluding tert-OH is 1. The second-order valence-corrected chi connectivity index (χ2v) is 4.98. The van der Waals surface area contributed by atoms with E-state index in [4.69, 9.17) is 0 Å². The molecule has 0 spiro atoms. The maximum atomic E-state index is 9.36. The Hall–Kier alpha value is -0.340. The standard InChI is InChI=1S/C11H16OS/c12-10-5-3-9(8-10)4-6-11-2-1-7-13-11/h1-2,7,9-10,12H,3-6,8H2. The van der Waals surface area contributed by atoms with Gasteiger partial charge in [-0.05, 0) is 49.5 Å². The molecule has 1 fully saturated rings. The molecule has 1 aromatic heterocycles. The number of aliphatic hydroxyl groups is 1. The molecule has 72 valence electrons. The fraction of sp³-hybridized carbons (Fsp3) is 0.636. The predicted molar refractivity (Wildman–Crippen MR) is 56.0 cm³/mol. The van der Waals surface area contributed by atoms with E-state index >= 15 is 0 Å². The maximum absolute atomic E-state index is 9.36. The Morgan fingerprint density at radius 3 is 3.00 bits per heavy atom. The van der Waals surface area contributed by atoms with Crippen molar-refractivity contribution in [2.75, 3.05) is 0 Å². The van der Waals surface area contributed by atoms with Crippen LogP contribution >= 0.6 is 11.3 Å². The third kappa shape index (κ3) is 2.55. The zero-order valence-electron chi connectivity index (χ0n) is 7.78. The zero-order chi connectivity index (χ0) is 9.10. The van der Waals surface area contributed by atoms with E-state index in [-0.39, 0.29) is 6.10 Å². The summed E-state index contributed by atoms with van der Waals surface area (Å²) in [5.74, 6) is 0.775. The van der Waals surface area contributed by atoms with Crippen LogP contribution in [0.1, 0.15) is 30.6 Å². The average molecular weight is 196 g/mol. The molecule has 2 unspecified atom stereocenters. The normalized spacial score (nSPS) is 28.1. The second kappa shape index (κ2) is 4.25. The molecule has 0 saturated heterocycles. The third-order valence-electron chi connectivity index (χ3n) is 2.89. The molecule has 0 bridgehead atoms. The van der Waals surface area contributed by atoms with Gasteiger partial charge in [0.25, 0.3) is 0 Å². The van der Waals surface area contributed by atoms with Crippen molar-refractivity contribution < 1.29 is 5.11 Å². The Bertz CT molecular complexity index is 243. The minimum atomic E-state index is -0.00617. The minimum Gasteiger partial charge on any atom is -0.393 e. The molecule has 1 aliphatic carbocycles. The molecule has 0 aromatic carbocycles. The van der Waals surface area contributed by atoms with Crippen molar-refractivity contribution in [1.29, 1.82) is 0 Å². The van der Waals surface area contributed by atoms with Gasteiger partial charge in [-0.3, -0.25) is 0 Å². The van der Waals surface area contributed by atoms with Crippen LogP contribution < -0.4 is 0 Å². The molecular weight excluding hydrogens is 180 g/mol. The summed E-state index contributed by atoms with van der Waals surface area (Å²) in [7, 11) is 0. The van der Waals surface area contributed by atoms with Crippen LogP contribution in [-0.2, 0) is 6.42 Å². The Morgan fingerprint density at radius 1 is 1.46 bits per heavy atom. The van der Waals surface area contributed by atoms with Gasteiger partial charge in [-0.2, -0.15) is 0 Å². The summed E-state index contributed by atoms with van der Waals surface area (Å²) in [5, 5.41) is 11.5. The van der Waals surface area contributed by atoms with Crippen LogP contribution in [0.5, 0.6) is 0 Å². The fourth-order valence-corrected chi connectivity index (χ4v) is 2.84. The largest absolute Gasteiger partial charge is 0.393 e. The van der Waals surface area contributed by atoms with Gasteiger partial charge >= 0.3 is 0 Å². The summed E-state index contributed by atoms with van der Waals surface area (Å²) < 4.78 is 0. The average Bonchev–Trinajstić information content (AvgIpc) is 2.71. The summed E-state index contributed by atoms with van der Waals surface area (Å²) >= 11 is 1.84. The van der Waals surface area contributed by atoms with Crippen molar-refractivity contribution in [3.8, 4) is 0 Å². The molecule has 0 aliphatic heterocycles. The Kier molecular flexibility index (Phi) is 3.01. The van der Waals surface area contributed by atoms with E-state index in [9.17, 15) is 5.11 Å². The lowest BCUT2D eigenvalue weighted by Crippen LogP contribution is -2.01. The first-order chi connectivity index (χ1) is 6.34. The van der Waals surface area contributed by atoms with E-state index in [1.807, 2.05) is 11.3 Å². The predicted octanol–water partition coefficient (Wildman–Crippen LogP) is 2.84. The molecule has 1 N–H and O–H groups in total. The highest BCUT2D eigenvalue weighted by atomic mass is 32.1. The summed E-state index contributed by atoms with van der Waals surface area (Å²) in [6, 6.07) is 4.32. The molecular formula is C11H16OS. The molecule has 13 heavy (non-hydrogen) atoms. The van der Waals surface area contributed by atoms with Crippen molar-refractivity contribution in [2.45, 2.75) is 38.2 Å². The van der Waals surface area contributed by atoms with Crippen LogP contribution in [0.15, 0.2) is 17.5 Å². The molecule has 1 saturated carbocycles. The van der Waals surface area contributed by atoms with Crippen LogP contribution in [0.3, 0.4) is 0 Å². The maximum Gasteiger partial charge on any atom is 0.0543 e. The molecule has 0 radical (unpaired) electrons. The molecule has 1 aromatic rings. The number of hydrogen-bond acceptors (Lipinski definition) is 2.